The van der Waals surface area contributed by atoms with Crippen molar-refractivity contribution in [3.05, 3.63) is 24.3 Å². The summed E-state index contributed by atoms with van der Waals surface area (Å²) in [6.07, 6.45) is 3.62. The number of hydrogen-bond donors (Lipinski definition) is 0. The van der Waals surface area contributed by atoms with E-state index in [1.54, 1.807) is 7.11 Å². The molecular weight excluding hydrogens is 288 g/mol. The molecule has 0 N–H and O–H groups in total. The quantitative estimate of drug-likeness (QED) is 0.863. The Morgan fingerprint density at radius 1 is 1.29 bits per heavy atom. The van der Waals surface area contributed by atoms with Crippen molar-refractivity contribution in [2.75, 3.05) is 7.11 Å². The summed E-state index contributed by atoms with van der Waals surface area (Å²) in [7, 11) is 1.60. The van der Waals surface area contributed by atoms with Crippen LogP contribution >= 0.6 is 11.8 Å². The molecule has 1 aliphatic rings. The lowest BCUT2D eigenvalue weighted by atomic mass is 9.99. The normalized spacial score (nSPS) is 18.7. The minimum atomic E-state index is -0.0512. The zero-order chi connectivity index (χ0) is 14.7. The minimum Gasteiger partial charge on any atom is -0.496 e. The maximum absolute atomic E-state index is 11.8. The molecule has 5 nitrogen and oxygen atoms in total. The van der Waals surface area contributed by atoms with Crippen molar-refractivity contribution in [1.82, 2.24) is 10.2 Å². The molecule has 1 unspecified atom stereocenters. The first kappa shape index (κ1) is 14.1. The van der Waals surface area contributed by atoms with Gasteiger partial charge in [0.25, 0.3) is 11.1 Å². The van der Waals surface area contributed by atoms with Crippen LogP contribution in [0, 0.1) is 0 Å². The van der Waals surface area contributed by atoms with Crippen LogP contribution in [-0.2, 0) is 4.79 Å². The average Bonchev–Trinajstić information content (AvgIpc) is 2.98. The van der Waals surface area contributed by atoms with Crippen LogP contribution in [0.5, 0.6) is 5.75 Å². The predicted molar refractivity (Wildman–Crippen MR) is 79.4 cm³/mol. The number of ether oxygens (including phenoxy) is 1. The van der Waals surface area contributed by atoms with Crippen LogP contribution in [0.3, 0.4) is 0 Å². The number of carbonyl (C=O) groups excluding carboxylic acids is 1. The van der Waals surface area contributed by atoms with Gasteiger partial charge in [-0.15, -0.1) is 10.2 Å². The molecule has 0 bridgehead atoms. The highest BCUT2D eigenvalue weighted by Gasteiger charge is 2.25. The topological polar surface area (TPSA) is 65.2 Å². The highest BCUT2D eigenvalue weighted by Crippen LogP contribution is 2.34. The van der Waals surface area contributed by atoms with Gasteiger partial charge < -0.3 is 9.15 Å². The number of ketones is 1. The van der Waals surface area contributed by atoms with E-state index in [1.165, 1.54) is 11.8 Å². The molecular formula is C15H16N2O3S. The number of aromatic nitrogens is 2. The summed E-state index contributed by atoms with van der Waals surface area (Å²) in [5, 5.41) is 8.48. The molecule has 6 heteroatoms. The lowest BCUT2D eigenvalue weighted by molar-refractivity contribution is -0.119. The number of thioether (sulfide) groups is 1. The number of methoxy groups -OCH3 is 1. The van der Waals surface area contributed by atoms with E-state index in [2.05, 4.69) is 10.2 Å². The molecule has 1 aromatic carbocycles. The monoisotopic (exact) mass is 304 g/mol. The summed E-state index contributed by atoms with van der Waals surface area (Å²) in [4.78, 5) is 11.8. The first-order valence-electron chi connectivity index (χ1n) is 6.94. The molecule has 1 aliphatic carbocycles. The van der Waals surface area contributed by atoms with E-state index in [1.807, 2.05) is 24.3 Å². The first-order chi connectivity index (χ1) is 10.3. The Labute approximate surface area is 127 Å². The first-order valence-corrected chi connectivity index (χ1v) is 7.82. The van der Waals surface area contributed by atoms with Gasteiger partial charge in [-0.25, -0.2) is 0 Å². The van der Waals surface area contributed by atoms with Crippen molar-refractivity contribution in [3.8, 4) is 17.2 Å². The number of nitrogens with zero attached hydrogens (tertiary/aromatic N) is 2. The molecule has 0 radical (unpaired) electrons. The van der Waals surface area contributed by atoms with Crippen LogP contribution < -0.4 is 4.74 Å². The van der Waals surface area contributed by atoms with Crippen LogP contribution in [0.4, 0.5) is 0 Å². The Balaban J connectivity index is 1.78. The highest BCUT2D eigenvalue weighted by molar-refractivity contribution is 8.00. The zero-order valence-corrected chi connectivity index (χ0v) is 12.6. The van der Waals surface area contributed by atoms with Crippen molar-refractivity contribution < 1.29 is 13.9 Å². The molecule has 1 heterocycles. The van der Waals surface area contributed by atoms with Gasteiger partial charge in [0.05, 0.1) is 17.9 Å². The average molecular weight is 304 g/mol. The molecule has 3 rings (SSSR count). The second-order valence-corrected chi connectivity index (χ2v) is 6.05. The van der Waals surface area contributed by atoms with Gasteiger partial charge in [0.2, 0.25) is 0 Å². The van der Waals surface area contributed by atoms with Gasteiger partial charge in [-0.3, -0.25) is 4.79 Å². The number of hydrogen-bond acceptors (Lipinski definition) is 6. The third kappa shape index (κ3) is 3.10. The molecule has 2 aromatic rings. The maximum atomic E-state index is 11.8. The molecule has 1 atom stereocenters. The number of para-hydroxylation sites is 1. The fourth-order valence-corrected chi connectivity index (χ4v) is 3.38. The summed E-state index contributed by atoms with van der Waals surface area (Å²) in [6, 6.07) is 7.48. The van der Waals surface area contributed by atoms with Crippen molar-refractivity contribution in [2.24, 2.45) is 0 Å². The summed E-state index contributed by atoms with van der Waals surface area (Å²) < 4.78 is 11.0. The number of benzene rings is 1. The fourth-order valence-electron chi connectivity index (χ4n) is 2.38. The molecule has 0 aliphatic heterocycles. The molecule has 110 valence electrons. The summed E-state index contributed by atoms with van der Waals surface area (Å²) in [5.41, 5.74) is 0.759. The molecule has 1 fully saturated rings. The van der Waals surface area contributed by atoms with Crippen molar-refractivity contribution >= 4 is 17.5 Å². The lowest BCUT2D eigenvalue weighted by Gasteiger charge is -2.17. The Hall–Kier alpha value is -1.82. The number of carbonyl (C=O) groups is 1. The fraction of sp³-hybridized carbons (Fsp3) is 0.400. The van der Waals surface area contributed by atoms with E-state index >= 15 is 0 Å². The van der Waals surface area contributed by atoms with E-state index in [0.717, 1.165) is 24.8 Å². The van der Waals surface area contributed by atoms with Crippen LogP contribution in [0.2, 0.25) is 0 Å². The van der Waals surface area contributed by atoms with Crippen LogP contribution in [0.1, 0.15) is 25.7 Å². The van der Waals surface area contributed by atoms with Crippen LogP contribution in [0.15, 0.2) is 33.9 Å². The summed E-state index contributed by atoms with van der Waals surface area (Å²) in [5.74, 6) is 1.38. The third-order valence-corrected chi connectivity index (χ3v) is 4.64. The second-order valence-electron chi connectivity index (χ2n) is 4.89. The SMILES string of the molecule is COc1ccccc1-c1nnc(SC2CCCCC2=O)o1. The van der Waals surface area contributed by atoms with Gasteiger partial charge >= 0.3 is 0 Å². The molecule has 0 saturated heterocycles. The summed E-state index contributed by atoms with van der Waals surface area (Å²) in [6.45, 7) is 0. The Kier molecular flexibility index (Phi) is 4.24. The van der Waals surface area contributed by atoms with Crippen molar-refractivity contribution in [1.29, 1.82) is 0 Å². The zero-order valence-electron chi connectivity index (χ0n) is 11.7. The summed E-state index contributed by atoms with van der Waals surface area (Å²) >= 11 is 1.37. The second kappa shape index (κ2) is 6.30. The van der Waals surface area contributed by atoms with E-state index < -0.39 is 0 Å². The smallest absolute Gasteiger partial charge is 0.277 e. The van der Waals surface area contributed by atoms with E-state index in [-0.39, 0.29) is 11.0 Å². The standard InChI is InChI=1S/C15H16N2O3S/c1-19-12-8-4-2-6-10(12)14-16-17-15(20-14)21-13-9-5-3-7-11(13)18/h2,4,6,8,13H,3,5,7,9H2,1H3. The van der Waals surface area contributed by atoms with Gasteiger partial charge in [-0.1, -0.05) is 30.3 Å². The van der Waals surface area contributed by atoms with E-state index in [4.69, 9.17) is 9.15 Å². The van der Waals surface area contributed by atoms with Crippen LogP contribution in [-0.4, -0.2) is 28.3 Å². The van der Waals surface area contributed by atoms with Crippen molar-refractivity contribution in [2.45, 2.75) is 36.2 Å². The van der Waals surface area contributed by atoms with Gasteiger partial charge in [0, 0.05) is 6.42 Å². The van der Waals surface area contributed by atoms with Gasteiger partial charge in [0.1, 0.15) is 11.5 Å². The molecule has 1 saturated carbocycles. The van der Waals surface area contributed by atoms with E-state index in [9.17, 15) is 4.79 Å². The predicted octanol–water partition coefficient (Wildman–Crippen LogP) is 3.35. The molecule has 21 heavy (non-hydrogen) atoms. The van der Waals surface area contributed by atoms with Gasteiger partial charge in [-0.05, 0) is 25.0 Å². The Morgan fingerprint density at radius 3 is 2.95 bits per heavy atom. The number of rotatable bonds is 4. The third-order valence-electron chi connectivity index (χ3n) is 3.49. The number of Topliss-reactive ketones (excluding diaryl/α,β-unsaturated/α-hetero) is 1. The Morgan fingerprint density at radius 2 is 2.14 bits per heavy atom. The molecule has 1 aromatic heterocycles. The highest BCUT2D eigenvalue weighted by atomic mass is 32.2. The maximum Gasteiger partial charge on any atom is 0.277 e. The molecule has 0 amide bonds. The largest absolute Gasteiger partial charge is 0.496 e. The van der Waals surface area contributed by atoms with Gasteiger partial charge in [0.15, 0.2) is 0 Å². The molecule has 0 spiro atoms. The van der Waals surface area contributed by atoms with Crippen LogP contribution in [0.25, 0.3) is 11.5 Å². The van der Waals surface area contributed by atoms with E-state index in [0.29, 0.717) is 23.3 Å². The minimum absolute atomic E-state index is 0.0512. The Bertz CT molecular complexity index is 641. The van der Waals surface area contributed by atoms with Gasteiger partial charge in [-0.2, -0.15) is 0 Å². The lowest BCUT2D eigenvalue weighted by Crippen LogP contribution is -2.21. The van der Waals surface area contributed by atoms with Crippen molar-refractivity contribution in [3.63, 3.8) is 0 Å².